The van der Waals surface area contributed by atoms with Gasteiger partial charge in [-0.15, -0.1) is 0 Å². The molecule has 0 spiro atoms. The van der Waals surface area contributed by atoms with Gasteiger partial charge in [-0.05, 0) is 30.3 Å². The van der Waals surface area contributed by atoms with E-state index in [4.69, 9.17) is 10.2 Å². The summed E-state index contributed by atoms with van der Waals surface area (Å²) in [6.07, 6.45) is 0. The van der Waals surface area contributed by atoms with Crippen LogP contribution in [0.4, 0.5) is 5.69 Å². The summed E-state index contributed by atoms with van der Waals surface area (Å²) in [5.74, 6) is -2.95. The molecule has 120 valence electrons. The summed E-state index contributed by atoms with van der Waals surface area (Å²) in [5.41, 5.74) is -0.662. The molecule has 0 saturated carbocycles. The predicted octanol–water partition coefficient (Wildman–Crippen LogP) is 1.91. The van der Waals surface area contributed by atoms with Gasteiger partial charge in [0.2, 0.25) is 0 Å². The van der Waals surface area contributed by atoms with E-state index in [1.165, 1.54) is 7.05 Å². The molecule has 8 heteroatoms. The summed E-state index contributed by atoms with van der Waals surface area (Å²) in [4.78, 5) is 21.9. The van der Waals surface area contributed by atoms with Crippen LogP contribution >= 0.6 is 0 Å². The molecule has 0 radical (unpaired) electrons. The highest BCUT2D eigenvalue weighted by Gasteiger charge is 2.25. The lowest BCUT2D eigenvalue weighted by Crippen LogP contribution is -2.27. The molecule has 2 rings (SSSR count). The maximum Gasteiger partial charge on any atom is 0.336 e. The topological polar surface area (TPSA) is 112 Å². The third-order valence-corrected chi connectivity index (χ3v) is 5.01. The number of carbonyl (C=O) groups is 2. The average molecular weight is 335 g/mol. The predicted molar refractivity (Wildman–Crippen MR) is 82.4 cm³/mol. The van der Waals surface area contributed by atoms with E-state index < -0.39 is 33.1 Å². The Morgan fingerprint density at radius 1 is 0.913 bits per heavy atom. The molecule has 0 amide bonds. The minimum absolute atomic E-state index is 0.300. The number of hydrogen-bond acceptors (Lipinski definition) is 4. The lowest BCUT2D eigenvalue weighted by molar-refractivity contribution is 0.0651. The van der Waals surface area contributed by atoms with Gasteiger partial charge in [-0.2, -0.15) is 0 Å². The van der Waals surface area contributed by atoms with Crippen molar-refractivity contribution in [2.45, 2.75) is 4.90 Å². The molecule has 7 nitrogen and oxygen atoms in total. The molecule has 2 aromatic rings. The summed E-state index contributed by atoms with van der Waals surface area (Å²) < 4.78 is 26.1. The second kappa shape index (κ2) is 6.09. The van der Waals surface area contributed by atoms with E-state index in [1.54, 1.807) is 30.3 Å². The van der Waals surface area contributed by atoms with Crippen LogP contribution in [-0.4, -0.2) is 37.6 Å². The third-order valence-electron chi connectivity index (χ3n) is 3.23. The fourth-order valence-electron chi connectivity index (χ4n) is 1.98. The molecule has 0 bridgehead atoms. The van der Waals surface area contributed by atoms with Gasteiger partial charge in [-0.1, -0.05) is 18.2 Å². The summed E-state index contributed by atoms with van der Waals surface area (Å²) >= 11 is 0. The van der Waals surface area contributed by atoms with Gasteiger partial charge in [-0.25, -0.2) is 18.0 Å². The lowest BCUT2D eigenvalue weighted by Gasteiger charge is -2.19. The molecule has 0 saturated heterocycles. The van der Waals surface area contributed by atoms with Crippen LogP contribution in [0.3, 0.4) is 0 Å². The van der Waals surface area contributed by atoms with Gasteiger partial charge >= 0.3 is 11.9 Å². The molecule has 0 fully saturated rings. The zero-order chi connectivity index (χ0) is 17.2. The first-order chi connectivity index (χ1) is 10.7. The van der Waals surface area contributed by atoms with Crippen molar-refractivity contribution in [3.8, 4) is 0 Å². The van der Waals surface area contributed by atoms with Gasteiger partial charge in [0, 0.05) is 7.05 Å². The van der Waals surface area contributed by atoms with Crippen molar-refractivity contribution >= 4 is 27.6 Å². The zero-order valence-corrected chi connectivity index (χ0v) is 12.8. The smallest absolute Gasteiger partial charge is 0.336 e. The Morgan fingerprint density at radius 3 is 2.00 bits per heavy atom. The first-order valence-corrected chi connectivity index (χ1v) is 7.84. The van der Waals surface area contributed by atoms with Crippen LogP contribution in [0.5, 0.6) is 0 Å². The highest BCUT2D eigenvalue weighted by Crippen LogP contribution is 2.23. The maximum atomic E-state index is 12.6. The number of hydrogen-bond donors (Lipinski definition) is 2. The van der Waals surface area contributed by atoms with E-state index in [9.17, 15) is 18.0 Å². The van der Waals surface area contributed by atoms with Crippen molar-refractivity contribution in [2.24, 2.45) is 0 Å². The average Bonchev–Trinajstić information content (AvgIpc) is 2.54. The highest BCUT2D eigenvalue weighted by atomic mass is 32.2. The molecule has 0 unspecified atom stereocenters. The Bertz CT molecular complexity index is 861. The van der Waals surface area contributed by atoms with E-state index >= 15 is 0 Å². The van der Waals surface area contributed by atoms with Crippen molar-refractivity contribution in [1.82, 2.24) is 0 Å². The SMILES string of the molecule is CN(c1ccccc1)S(=O)(=O)c1ccc(C(=O)O)c(C(=O)O)c1. The summed E-state index contributed by atoms with van der Waals surface area (Å²) in [6, 6.07) is 11.1. The van der Waals surface area contributed by atoms with Crippen LogP contribution in [0.25, 0.3) is 0 Å². The molecule has 0 atom stereocenters. The number of anilines is 1. The van der Waals surface area contributed by atoms with Gasteiger partial charge in [0.1, 0.15) is 0 Å². The van der Waals surface area contributed by atoms with Gasteiger partial charge in [0.25, 0.3) is 10.0 Å². The molecule has 2 N–H and O–H groups in total. The van der Waals surface area contributed by atoms with Crippen LogP contribution in [0.15, 0.2) is 53.4 Å². The minimum Gasteiger partial charge on any atom is -0.478 e. The first kappa shape index (κ1) is 16.5. The van der Waals surface area contributed by atoms with Gasteiger partial charge in [0.15, 0.2) is 0 Å². The van der Waals surface area contributed by atoms with Crippen molar-refractivity contribution in [3.05, 3.63) is 59.7 Å². The number of carboxylic acid groups (broad SMARTS) is 2. The molecular weight excluding hydrogens is 322 g/mol. The standard InChI is InChI=1S/C15H13NO6S/c1-16(10-5-3-2-4-6-10)23(21,22)11-7-8-12(14(17)18)13(9-11)15(19)20/h2-9H,1H3,(H,17,18)(H,19,20). The second-order valence-corrected chi connectivity index (χ2v) is 6.60. The molecule has 0 aliphatic heterocycles. The van der Waals surface area contributed by atoms with Crippen LogP contribution in [0.2, 0.25) is 0 Å². The molecule has 0 heterocycles. The fraction of sp³-hybridized carbons (Fsp3) is 0.0667. The summed E-state index contributed by atoms with van der Waals surface area (Å²) in [5, 5.41) is 18.1. The lowest BCUT2D eigenvalue weighted by atomic mass is 10.1. The molecular formula is C15H13NO6S. The van der Waals surface area contributed by atoms with E-state index in [1.807, 2.05) is 0 Å². The number of rotatable bonds is 5. The number of nitrogens with zero attached hydrogens (tertiary/aromatic N) is 1. The van der Waals surface area contributed by atoms with Gasteiger partial charge < -0.3 is 10.2 Å². The molecule has 23 heavy (non-hydrogen) atoms. The normalized spacial score (nSPS) is 11.0. The third kappa shape index (κ3) is 3.16. The minimum atomic E-state index is -4.01. The van der Waals surface area contributed by atoms with Crippen molar-refractivity contribution in [2.75, 3.05) is 11.4 Å². The quantitative estimate of drug-likeness (QED) is 0.863. The summed E-state index contributed by atoms with van der Waals surface area (Å²) in [7, 11) is -2.68. The van der Waals surface area contributed by atoms with Crippen molar-refractivity contribution < 1.29 is 28.2 Å². The Morgan fingerprint density at radius 2 is 1.48 bits per heavy atom. The van der Waals surface area contributed by atoms with Crippen LogP contribution in [0, 0.1) is 0 Å². The zero-order valence-electron chi connectivity index (χ0n) is 12.0. The van der Waals surface area contributed by atoms with Crippen molar-refractivity contribution in [1.29, 1.82) is 0 Å². The number of carboxylic acids is 2. The van der Waals surface area contributed by atoms with E-state index in [2.05, 4.69) is 0 Å². The number of para-hydroxylation sites is 1. The summed E-state index contributed by atoms with van der Waals surface area (Å²) in [6.45, 7) is 0. The fourth-order valence-corrected chi connectivity index (χ4v) is 3.20. The first-order valence-electron chi connectivity index (χ1n) is 6.40. The van der Waals surface area contributed by atoms with E-state index in [0.717, 1.165) is 22.5 Å². The highest BCUT2D eigenvalue weighted by molar-refractivity contribution is 7.92. The second-order valence-electron chi connectivity index (χ2n) is 4.63. The van der Waals surface area contributed by atoms with Crippen LogP contribution in [-0.2, 0) is 10.0 Å². The number of sulfonamides is 1. The van der Waals surface area contributed by atoms with Crippen LogP contribution < -0.4 is 4.31 Å². The van der Waals surface area contributed by atoms with Crippen molar-refractivity contribution in [3.63, 3.8) is 0 Å². The molecule has 0 aliphatic rings. The Hall–Kier alpha value is -2.87. The molecule has 2 aromatic carbocycles. The van der Waals surface area contributed by atoms with Gasteiger partial charge in [-0.3, -0.25) is 4.31 Å². The largest absolute Gasteiger partial charge is 0.478 e. The Balaban J connectivity index is 2.55. The van der Waals surface area contributed by atoms with Gasteiger partial charge in [0.05, 0.1) is 21.7 Å². The molecule has 0 aliphatic carbocycles. The van der Waals surface area contributed by atoms with Crippen LogP contribution in [0.1, 0.15) is 20.7 Å². The van der Waals surface area contributed by atoms with E-state index in [-0.39, 0.29) is 4.90 Å². The monoisotopic (exact) mass is 335 g/mol. The van der Waals surface area contributed by atoms with E-state index in [0.29, 0.717) is 5.69 Å². The molecule has 0 aromatic heterocycles. The number of benzene rings is 2. The Labute approximate surface area is 132 Å². The maximum absolute atomic E-state index is 12.6. The number of aromatic carboxylic acids is 2. The Kier molecular flexibility index (Phi) is 4.37.